The molecule has 5 N–H and O–H groups in total. The largest absolute Gasteiger partial charge is 1.00 e. The van der Waals surface area contributed by atoms with Crippen LogP contribution in [0.2, 0.25) is 0 Å². The molecule has 0 spiro atoms. The van der Waals surface area contributed by atoms with Gasteiger partial charge in [0.05, 0.1) is 12.6 Å². The van der Waals surface area contributed by atoms with Crippen molar-refractivity contribution in [2.75, 3.05) is 6.61 Å². The van der Waals surface area contributed by atoms with E-state index in [-0.39, 0.29) is 51.4 Å². The van der Waals surface area contributed by atoms with E-state index in [1.54, 1.807) is 0 Å². The minimum atomic E-state index is -2.34. The molecule has 0 amide bonds. The van der Waals surface area contributed by atoms with Gasteiger partial charge in [0.1, 0.15) is 24.0 Å². The summed E-state index contributed by atoms with van der Waals surface area (Å²) in [6.07, 6.45) is -6.47. The van der Waals surface area contributed by atoms with Crippen LogP contribution in [0.1, 0.15) is 0 Å². The van der Waals surface area contributed by atoms with Crippen LogP contribution >= 0.6 is 0 Å². The fraction of sp³-hybridized carbons (Fsp3) is 0.667. The quantitative estimate of drug-likeness (QED) is 0.140. The molecule has 0 aromatic heterocycles. The number of carboxylic acids is 1. The summed E-state index contributed by atoms with van der Waals surface area (Å²) < 4.78 is 0. The number of rotatable bonds is 5. The second kappa shape index (κ2) is 8.55. The van der Waals surface area contributed by atoms with Crippen LogP contribution in [0.5, 0.6) is 0 Å². The third-order valence-electron chi connectivity index (χ3n) is 1.52. The molecule has 0 aromatic carbocycles. The Balaban J connectivity index is 0. The summed E-state index contributed by atoms with van der Waals surface area (Å²) in [5.41, 5.74) is -0.669. The van der Waals surface area contributed by atoms with Gasteiger partial charge in [0.25, 0.3) is 0 Å². The summed E-state index contributed by atoms with van der Waals surface area (Å²) in [6, 6.07) is 0. The number of hydrogen-bond donors (Lipinski definition) is 5. The fourth-order valence-electron chi connectivity index (χ4n) is 0.694. The third-order valence-corrected chi connectivity index (χ3v) is 1.52. The summed E-state index contributed by atoms with van der Waals surface area (Å²) in [7, 11) is 0. The summed E-state index contributed by atoms with van der Waals surface area (Å²) in [6.45, 7) is -0.894. The van der Waals surface area contributed by atoms with Crippen molar-refractivity contribution in [3.8, 4) is 0 Å². The van der Waals surface area contributed by atoms with E-state index in [4.69, 9.17) is 25.6 Å². The van der Waals surface area contributed by atoms with Crippen LogP contribution in [0, 0.1) is 0 Å². The van der Waals surface area contributed by atoms with E-state index in [0.29, 0.717) is 0 Å². The number of aliphatic hydroxyl groups is 4. The van der Waals surface area contributed by atoms with Crippen molar-refractivity contribution in [3.63, 3.8) is 0 Å². The Morgan fingerprint density at radius 3 is 2.00 bits per heavy atom. The fourth-order valence-corrected chi connectivity index (χ4v) is 0.694. The van der Waals surface area contributed by atoms with Crippen molar-refractivity contribution in [2.24, 2.45) is 5.16 Å². The van der Waals surface area contributed by atoms with Crippen molar-refractivity contribution in [3.05, 3.63) is 0 Å². The van der Waals surface area contributed by atoms with Gasteiger partial charge in [-0.1, -0.05) is 5.16 Å². The van der Waals surface area contributed by atoms with Crippen LogP contribution in [0.4, 0.5) is 0 Å². The molecule has 9 heteroatoms. The first-order valence-electron chi connectivity index (χ1n) is 3.52. The molecule has 0 bridgehead atoms. The molecule has 0 fully saturated rings. The van der Waals surface area contributed by atoms with Crippen molar-refractivity contribution >= 4 is 11.7 Å². The van der Waals surface area contributed by atoms with Gasteiger partial charge in [-0.05, 0) is 0 Å². The van der Waals surface area contributed by atoms with Gasteiger partial charge in [-0.2, -0.15) is 0 Å². The van der Waals surface area contributed by atoms with E-state index in [9.17, 15) is 9.90 Å². The van der Waals surface area contributed by atoms with Crippen molar-refractivity contribution in [1.29, 1.82) is 0 Å². The second-order valence-corrected chi connectivity index (χ2v) is 2.45. The summed E-state index contributed by atoms with van der Waals surface area (Å²) in [4.78, 5) is 10.0. The number of oxime groups is 1. The van der Waals surface area contributed by atoms with Crippen molar-refractivity contribution in [1.82, 2.24) is 0 Å². The zero-order valence-corrected chi connectivity index (χ0v) is 11.1. The van der Waals surface area contributed by atoms with Gasteiger partial charge in [-0.3, -0.25) is 0 Å². The number of carbonyl (C=O) groups is 1. The zero-order chi connectivity index (χ0) is 11.3. The molecule has 0 aliphatic rings. The van der Waals surface area contributed by atoms with Crippen LogP contribution in [0.15, 0.2) is 5.16 Å². The molecule has 3 atom stereocenters. The van der Waals surface area contributed by atoms with Crippen LogP contribution in [-0.4, -0.2) is 62.2 Å². The number of aliphatic hydroxyl groups excluding tert-OH is 4. The van der Waals surface area contributed by atoms with E-state index in [2.05, 4.69) is 5.16 Å². The van der Waals surface area contributed by atoms with Gasteiger partial charge in [-0.15, -0.1) is 0 Å². The van der Waals surface area contributed by atoms with Gasteiger partial charge in [0.2, 0.25) is 0 Å². The van der Waals surface area contributed by atoms with Crippen molar-refractivity contribution < 1.29 is 86.9 Å². The molecule has 82 valence electrons. The predicted molar refractivity (Wildman–Crippen MR) is 39.3 cm³/mol. The average molecular weight is 247 g/mol. The van der Waals surface area contributed by atoms with E-state index in [1.165, 1.54) is 0 Å². The monoisotopic (exact) mass is 247 g/mol. The van der Waals surface area contributed by atoms with Crippen LogP contribution in [0.3, 0.4) is 0 Å². The Morgan fingerprint density at radius 2 is 1.73 bits per heavy atom. The first kappa shape index (κ1) is 17.8. The number of carboxylic acid groups (broad SMARTS) is 1. The summed E-state index contributed by atoms with van der Waals surface area (Å²) in [5, 5.41) is 55.8. The molecule has 8 nitrogen and oxygen atoms in total. The molecular weight excluding hydrogens is 237 g/mol. The maximum Gasteiger partial charge on any atom is 1.00 e. The first-order valence-corrected chi connectivity index (χ1v) is 3.52. The Morgan fingerprint density at radius 1 is 1.27 bits per heavy atom. The van der Waals surface area contributed by atoms with Gasteiger partial charge in [0.15, 0.2) is 0 Å². The molecule has 0 unspecified atom stereocenters. The molecule has 0 saturated carbocycles. The number of carbonyl (C=O) groups excluding carboxylic acids is 1. The molecule has 0 heterocycles. The minimum Gasteiger partial charge on any atom is -0.547 e. The number of nitrogens with zero attached hydrogens (tertiary/aromatic N) is 1. The Kier molecular flexibility index (Phi) is 10.2. The van der Waals surface area contributed by atoms with Gasteiger partial charge in [-0.25, -0.2) is 0 Å². The van der Waals surface area contributed by atoms with E-state index >= 15 is 0 Å². The van der Waals surface area contributed by atoms with Gasteiger partial charge in [0, 0.05) is 0 Å². The molecule has 0 aromatic rings. The Bertz CT molecular complexity index is 234. The molecule has 0 aliphatic heterocycles. The summed E-state index contributed by atoms with van der Waals surface area (Å²) in [5.74, 6) is -1.99. The Labute approximate surface area is 127 Å². The minimum absolute atomic E-state index is 0. The normalized spacial score (nSPS) is 17.5. The standard InChI is InChI=1S/C6H11NO7.K/c8-1-2(7-14)3(9)4(10)5(11)6(12)13;/h3-5,8-11,14H,1H2,(H,12,13);/q;+1/p-1/b7-2-;/t3-,4+,5-;/m1./s1. The molecule has 15 heavy (non-hydrogen) atoms. The number of aliphatic carboxylic acids is 1. The third kappa shape index (κ3) is 5.33. The van der Waals surface area contributed by atoms with Gasteiger partial charge >= 0.3 is 51.4 Å². The number of hydrogen-bond acceptors (Lipinski definition) is 8. The van der Waals surface area contributed by atoms with E-state index in [0.717, 1.165) is 0 Å². The second-order valence-electron chi connectivity index (χ2n) is 2.45. The smallest absolute Gasteiger partial charge is 0.547 e. The molecule has 0 radical (unpaired) electrons. The molecule has 0 rings (SSSR count). The van der Waals surface area contributed by atoms with Crippen LogP contribution in [-0.2, 0) is 4.79 Å². The van der Waals surface area contributed by atoms with Gasteiger partial charge < -0.3 is 35.5 Å². The predicted octanol–water partition coefficient (Wildman–Crippen LogP) is -7.35. The molecular formula is C6H10KNO7. The maximum absolute atomic E-state index is 10.0. The Hall–Kier alpha value is 0.416. The zero-order valence-electron chi connectivity index (χ0n) is 7.94. The topological polar surface area (TPSA) is 154 Å². The maximum atomic E-state index is 10.0. The molecule has 0 saturated heterocycles. The molecule has 0 aliphatic carbocycles. The van der Waals surface area contributed by atoms with Crippen molar-refractivity contribution in [2.45, 2.75) is 18.3 Å². The average Bonchev–Trinajstić information content (AvgIpc) is 2.17. The SMILES string of the molecule is O=C([O-])[C@H](O)[C@@H](O)[C@H](O)/C(CO)=N\O.[K+]. The van der Waals surface area contributed by atoms with E-state index < -0.39 is 36.6 Å². The van der Waals surface area contributed by atoms with Crippen LogP contribution < -0.4 is 56.5 Å². The summed E-state index contributed by atoms with van der Waals surface area (Å²) >= 11 is 0. The van der Waals surface area contributed by atoms with Crippen LogP contribution in [0.25, 0.3) is 0 Å². The van der Waals surface area contributed by atoms with E-state index in [1.807, 2.05) is 0 Å². The first-order chi connectivity index (χ1) is 6.45.